The lowest BCUT2D eigenvalue weighted by molar-refractivity contribution is -0.142. The number of hydrogen-bond donors (Lipinski definition) is 0. The molecule has 4 aromatic rings. The molecule has 0 aliphatic rings. The topological polar surface area (TPSA) is 34.9 Å². The molecule has 0 bridgehead atoms. The number of alkyl halides is 3. The van der Waals surface area contributed by atoms with Crippen molar-refractivity contribution >= 4 is 21.9 Å². The van der Waals surface area contributed by atoms with Gasteiger partial charge in [0, 0.05) is 17.1 Å². The second-order valence-corrected chi connectivity index (χ2v) is 6.12. The minimum Gasteiger partial charge on any atom is -0.290 e. The molecule has 26 heavy (non-hydrogen) atoms. The average Bonchev–Trinajstić information content (AvgIpc) is 2.60. The molecule has 4 rings (SSSR count). The van der Waals surface area contributed by atoms with Crippen LogP contribution in [0.3, 0.4) is 0 Å². The fourth-order valence-corrected chi connectivity index (χ4v) is 3.07. The Morgan fingerprint density at radius 1 is 0.962 bits per heavy atom. The van der Waals surface area contributed by atoms with E-state index in [0.717, 1.165) is 10.1 Å². The molecule has 0 spiro atoms. The molecular formula is C20H13F3N2O. The van der Waals surface area contributed by atoms with Gasteiger partial charge in [-0.1, -0.05) is 29.8 Å². The summed E-state index contributed by atoms with van der Waals surface area (Å²) in [5.74, 6) is 0. The summed E-state index contributed by atoms with van der Waals surface area (Å²) in [5, 5.41) is 0.869. The Morgan fingerprint density at radius 2 is 1.69 bits per heavy atom. The Bertz CT molecular complexity index is 1200. The van der Waals surface area contributed by atoms with Crippen LogP contribution in [0.2, 0.25) is 0 Å². The zero-order chi connectivity index (χ0) is 18.5. The molecule has 2 aromatic carbocycles. The molecule has 6 heteroatoms. The first-order chi connectivity index (χ1) is 12.3. The van der Waals surface area contributed by atoms with Gasteiger partial charge in [-0.25, -0.2) is 4.98 Å². The molecule has 0 atom stereocenters. The summed E-state index contributed by atoms with van der Waals surface area (Å²) in [7, 11) is 0. The van der Waals surface area contributed by atoms with Crippen LogP contribution >= 0.6 is 0 Å². The molecule has 0 unspecified atom stereocenters. The predicted octanol–water partition coefficient (Wildman–Crippen LogP) is 4.87. The first-order valence-electron chi connectivity index (χ1n) is 7.94. The number of para-hydroxylation sites is 1. The third-order valence-corrected chi connectivity index (χ3v) is 4.24. The molecule has 2 heterocycles. The lowest BCUT2D eigenvalue weighted by Gasteiger charge is -2.18. The molecule has 3 nitrogen and oxygen atoms in total. The molecular weight excluding hydrogens is 341 g/mol. The molecule has 0 aliphatic heterocycles. The largest absolute Gasteiger partial charge is 0.431 e. The maximum absolute atomic E-state index is 13.6. The van der Waals surface area contributed by atoms with E-state index in [0.29, 0.717) is 22.7 Å². The summed E-state index contributed by atoms with van der Waals surface area (Å²) < 4.78 is 41.9. The van der Waals surface area contributed by atoms with Gasteiger partial charge in [0.25, 0.3) is 0 Å². The van der Waals surface area contributed by atoms with Crippen LogP contribution in [0.1, 0.15) is 11.3 Å². The van der Waals surface area contributed by atoms with Gasteiger partial charge in [0.2, 0.25) is 0 Å². The SMILES string of the molecule is Cc1ccc2nc3c(cc2c1)c(=O)cc(C(F)(F)F)n3-c1ccccc1. The van der Waals surface area contributed by atoms with E-state index in [1.54, 1.807) is 42.5 Å². The highest BCUT2D eigenvalue weighted by Crippen LogP contribution is 2.33. The van der Waals surface area contributed by atoms with Crippen LogP contribution in [0.4, 0.5) is 13.2 Å². The van der Waals surface area contributed by atoms with Crippen LogP contribution in [0.25, 0.3) is 27.6 Å². The molecule has 0 saturated heterocycles. The zero-order valence-corrected chi connectivity index (χ0v) is 13.7. The quantitative estimate of drug-likeness (QED) is 0.457. The number of aryl methyl sites for hydroxylation is 1. The molecule has 0 amide bonds. The van der Waals surface area contributed by atoms with Gasteiger partial charge in [-0.05, 0) is 37.3 Å². The van der Waals surface area contributed by atoms with E-state index in [1.807, 2.05) is 19.1 Å². The van der Waals surface area contributed by atoms with Crippen molar-refractivity contribution in [3.05, 3.63) is 82.1 Å². The van der Waals surface area contributed by atoms with Crippen LogP contribution in [0.5, 0.6) is 0 Å². The second-order valence-electron chi connectivity index (χ2n) is 6.12. The molecule has 0 fully saturated rings. The Morgan fingerprint density at radius 3 is 2.38 bits per heavy atom. The van der Waals surface area contributed by atoms with Crippen molar-refractivity contribution in [1.29, 1.82) is 0 Å². The van der Waals surface area contributed by atoms with Crippen LogP contribution in [0, 0.1) is 6.92 Å². The number of nitrogens with zero attached hydrogens (tertiary/aromatic N) is 2. The maximum atomic E-state index is 13.6. The fraction of sp³-hybridized carbons (Fsp3) is 0.100. The first-order valence-corrected chi connectivity index (χ1v) is 7.94. The summed E-state index contributed by atoms with van der Waals surface area (Å²) in [6.07, 6.45) is -4.69. The molecule has 0 N–H and O–H groups in total. The number of benzene rings is 2. The lowest BCUT2D eigenvalue weighted by atomic mass is 10.1. The van der Waals surface area contributed by atoms with Crippen molar-refractivity contribution in [1.82, 2.24) is 9.55 Å². The molecule has 2 aromatic heterocycles. The van der Waals surface area contributed by atoms with E-state index >= 15 is 0 Å². The number of fused-ring (bicyclic) bond motifs is 2. The van der Waals surface area contributed by atoms with Crippen LogP contribution in [0.15, 0.2) is 65.5 Å². The fourth-order valence-electron chi connectivity index (χ4n) is 3.07. The van der Waals surface area contributed by atoms with Gasteiger partial charge in [-0.3, -0.25) is 9.36 Å². The van der Waals surface area contributed by atoms with Crippen LogP contribution in [-0.2, 0) is 6.18 Å². The molecule has 0 saturated carbocycles. The molecule has 130 valence electrons. The zero-order valence-electron chi connectivity index (χ0n) is 13.7. The summed E-state index contributed by atoms with van der Waals surface area (Å²) in [5.41, 5.74) is 0.0622. The summed E-state index contributed by atoms with van der Waals surface area (Å²) >= 11 is 0. The van der Waals surface area contributed by atoms with Crippen molar-refractivity contribution < 1.29 is 13.2 Å². The normalized spacial score (nSPS) is 12.0. The van der Waals surface area contributed by atoms with Gasteiger partial charge in [0.15, 0.2) is 5.43 Å². The molecule has 0 aliphatic carbocycles. The third kappa shape index (κ3) is 2.63. The van der Waals surface area contributed by atoms with Crippen molar-refractivity contribution in [3.63, 3.8) is 0 Å². The average molecular weight is 354 g/mol. The maximum Gasteiger partial charge on any atom is 0.431 e. The third-order valence-electron chi connectivity index (χ3n) is 4.24. The number of halogens is 3. The smallest absolute Gasteiger partial charge is 0.290 e. The van der Waals surface area contributed by atoms with E-state index in [2.05, 4.69) is 4.98 Å². The van der Waals surface area contributed by atoms with E-state index in [-0.39, 0.29) is 11.0 Å². The molecule has 0 radical (unpaired) electrons. The first kappa shape index (κ1) is 16.3. The van der Waals surface area contributed by atoms with Crippen LogP contribution < -0.4 is 5.43 Å². The van der Waals surface area contributed by atoms with Crippen molar-refractivity contribution in [2.24, 2.45) is 0 Å². The Hall–Kier alpha value is -3.15. The minimum atomic E-state index is -4.69. The summed E-state index contributed by atoms with van der Waals surface area (Å²) in [4.78, 5) is 16.8. The van der Waals surface area contributed by atoms with Gasteiger partial charge >= 0.3 is 6.18 Å². The van der Waals surface area contributed by atoms with E-state index < -0.39 is 17.3 Å². The standard InChI is InChI=1S/C20H13F3N2O/c1-12-7-8-16-13(9-12)10-15-17(26)11-18(20(21,22)23)25(19(15)24-16)14-5-3-2-4-6-14/h2-11H,1H3. The van der Waals surface area contributed by atoms with Gasteiger partial charge < -0.3 is 0 Å². The number of aromatic nitrogens is 2. The summed E-state index contributed by atoms with van der Waals surface area (Å²) in [6, 6.07) is 15.8. The van der Waals surface area contributed by atoms with Gasteiger partial charge in [0.05, 0.1) is 10.9 Å². The number of pyridine rings is 2. The lowest BCUT2D eigenvalue weighted by Crippen LogP contribution is -2.21. The Kier molecular flexibility index (Phi) is 3.57. The number of rotatable bonds is 1. The van der Waals surface area contributed by atoms with Gasteiger partial charge in [0.1, 0.15) is 11.3 Å². The Balaban J connectivity index is 2.21. The minimum absolute atomic E-state index is 0.00706. The van der Waals surface area contributed by atoms with Gasteiger partial charge in [-0.15, -0.1) is 0 Å². The predicted molar refractivity (Wildman–Crippen MR) is 94.6 cm³/mol. The van der Waals surface area contributed by atoms with Crippen LogP contribution in [-0.4, -0.2) is 9.55 Å². The summed E-state index contributed by atoms with van der Waals surface area (Å²) in [6.45, 7) is 1.90. The monoisotopic (exact) mass is 354 g/mol. The van der Waals surface area contributed by atoms with Crippen molar-refractivity contribution in [3.8, 4) is 5.69 Å². The number of hydrogen-bond acceptors (Lipinski definition) is 2. The Labute approximate surface area is 146 Å². The highest BCUT2D eigenvalue weighted by atomic mass is 19.4. The van der Waals surface area contributed by atoms with Gasteiger partial charge in [-0.2, -0.15) is 13.2 Å². The van der Waals surface area contributed by atoms with Crippen molar-refractivity contribution in [2.45, 2.75) is 13.1 Å². The second kappa shape index (κ2) is 5.69. The highest BCUT2D eigenvalue weighted by molar-refractivity contribution is 5.92. The van der Waals surface area contributed by atoms with Crippen molar-refractivity contribution in [2.75, 3.05) is 0 Å². The van der Waals surface area contributed by atoms with E-state index in [9.17, 15) is 18.0 Å². The van der Waals surface area contributed by atoms with E-state index in [1.165, 1.54) is 0 Å². The highest BCUT2D eigenvalue weighted by Gasteiger charge is 2.36. The van der Waals surface area contributed by atoms with E-state index in [4.69, 9.17) is 0 Å².